The summed E-state index contributed by atoms with van der Waals surface area (Å²) in [5, 5.41) is 6.00. The van der Waals surface area contributed by atoms with E-state index in [1.165, 1.54) is 54.7 Å². The maximum Gasteiger partial charge on any atom is 0.160 e. The molecule has 0 amide bonds. The Kier molecular flexibility index (Phi) is 6.82. The first-order chi connectivity index (χ1) is 26.8. The van der Waals surface area contributed by atoms with Crippen LogP contribution in [0.5, 0.6) is 0 Å². The standard InChI is InChI=1S/C50H32N4/c1-3-13-33(14-4-1)34-23-25-35(26-24-34)49-41-19-7-10-20-44(41)51-50(52-49)36-27-29-38(30-28-36)54-46-22-12-9-18-40(46)43-31-42-39-17-8-11-21-45(39)53(47(42)32-48(43)54)37-15-5-2-6-16-37/h1-32H. The molecule has 3 aromatic heterocycles. The Balaban J connectivity index is 1.06. The molecule has 0 atom stereocenters. The van der Waals surface area contributed by atoms with Crippen LogP contribution < -0.4 is 0 Å². The van der Waals surface area contributed by atoms with Gasteiger partial charge in [0, 0.05) is 49.4 Å². The molecule has 0 aliphatic heterocycles. The summed E-state index contributed by atoms with van der Waals surface area (Å²) in [5.74, 6) is 0.707. The average Bonchev–Trinajstić information content (AvgIpc) is 3.75. The van der Waals surface area contributed by atoms with Crippen LogP contribution in [0.25, 0.3) is 99.7 Å². The lowest BCUT2D eigenvalue weighted by atomic mass is 10.0. The second kappa shape index (κ2) is 12.1. The fourth-order valence-electron chi connectivity index (χ4n) is 8.20. The van der Waals surface area contributed by atoms with Crippen molar-refractivity contribution in [3.8, 4) is 45.1 Å². The number of rotatable bonds is 5. The molecule has 0 aliphatic carbocycles. The van der Waals surface area contributed by atoms with Crippen molar-refractivity contribution >= 4 is 54.5 Å². The first-order valence-electron chi connectivity index (χ1n) is 18.3. The van der Waals surface area contributed by atoms with Crippen molar-refractivity contribution in [3.05, 3.63) is 194 Å². The minimum atomic E-state index is 0.707. The van der Waals surface area contributed by atoms with Gasteiger partial charge in [-0.05, 0) is 77.9 Å². The molecule has 0 N–H and O–H groups in total. The lowest BCUT2D eigenvalue weighted by molar-refractivity contribution is 1.16. The number of hydrogen-bond donors (Lipinski definition) is 0. The van der Waals surface area contributed by atoms with Crippen LogP contribution in [0.1, 0.15) is 0 Å². The number of aromatic nitrogens is 4. The van der Waals surface area contributed by atoms with Gasteiger partial charge >= 0.3 is 0 Å². The van der Waals surface area contributed by atoms with E-state index >= 15 is 0 Å². The SMILES string of the molecule is c1ccc(-c2ccc(-c3nc(-c4ccc(-n5c6ccccc6c6cc7c8ccccc8n(-c8ccccc8)c7cc65)cc4)nc4ccccc34)cc2)cc1. The molecule has 0 saturated heterocycles. The van der Waals surface area contributed by atoms with E-state index in [1.807, 2.05) is 12.1 Å². The first kappa shape index (κ1) is 30.3. The van der Waals surface area contributed by atoms with Gasteiger partial charge in [-0.15, -0.1) is 0 Å². The largest absolute Gasteiger partial charge is 0.309 e. The third-order valence-corrected chi connectivity index (χ3v) is 10.7. The summed E-state index contributed by atoms with van der Waals surface area (Å²) >= 11 is 0. The third-order valence-electron chi connectivity index (χ3n) is 10.7. The second-order valence-electron chi connectivity index (χ2n) is 13.8. The van der Waals surface area contributed by atoms with E-state index in [0.29, 0.717) is 5.82 Å². The topological polar surface area (TPSA) is 35.6 Å². The fraction of sp³-hybridized carbons (Fsp3) is 0. The molecule has 8 aromatic carbocycles. The molecule has 54 heavy (non-hydrogen) atoms. The zero-order valence-electron chi connectivity index (χ0n) is 29.3. The van der Waals surface area contributed by atoms with Crippen molar-refractivity contribution in [2.45, 2.75) is 0 Å². The van der Waals surface area contributed by atoms with Crippen LogP contribution in [0, 0.1) is 0 Å². The molecular formula is C50H32N4. The smallest absolute Gasteiger partial charge is 0.160 e. The Morgan fingerprint density at radius 3 is 1.43 bits per heavy atom. The number of benzene rings is 8. The highest BCUT2D eigenvalue weighted by molar-refractivity contribution is 6.19. The molecule has 11 aromatic rings. The highest BCUT2D eigenvalue weighted by Gasteiger charge is 2.19. The minimum absolute atomic E-state index is 0.707. The summed E-state index contributed by atoms with van der Waals surface area (Å²) in [7, 11) is 0. The average molecular weight is 689 g/mol. The van der Waals surface area contributed by atoms with Crippen LogP contribution in [-0.4, -0.2) is 19.1 Å². The third kappa shape index (κ3) is 4.78. The van der Waals surface area contributed by atoms with E-state index in [-0.39, 0.29) is 0 Å². The Labute approximate surface area is 311 Å². The summed E-state index contributed by atoms with van der Waals surface area (Å²) < 4.78 is 4.78. The molecular weight excluding hydrogens is 657 g/mol. The lowest BCUT2D eigenvalue weighted by Crippen LogP contribution is -1.97. The molecule has 4 heteroatoms. The number of fused-ring (bicyclic) bond motifs is 7. The molecule has 0 bridgehead atoms. The summed E-state index contributed by atoms with van der Waals surface area (Å²) in [6, 6.07) is 69.0. The Morgan fingerprint density at radius 2 is 0.778 bits per heavy atom. The predicted octanol–water partition coefficient (Wildman–Crippen LogP) is 12.8. The van der Waals surface area contributed by atoms with Crippen LogP contribution in [0.3, 0.4) is 0 Å². The van der Waals surface area contributed by atoms with Gasteiger partial charge in [-0.25, -0.2) is 9.97 Å². The second-order valence-corrected chi connectivity index (χ2v) is 13.8. The highest BCUT2D eigenvalue weighted by atomic mass is 15.0. The zero-order valence-corrected chi connectivity index (χ0v) is 29.3. The van der Waals surface area contributed by atoms with Crippen molar-refractivity contribution in [2.24, 2.45) is 0 Å². The Morgan fingerprint density at radius 1 is 0.296 bits per heavy atom. The van der Waals surface area contributed by atoms with Crippen LogP contribution in [0.2, 0.25) is 0 Å². The molecule has 0 spiro atoms. The van der Waals surface area contributed by atoms with E-state index in [0.717, 1.165) is 39.1 Å². The normalized spacial score (nSPS) is 11.7. The predicted molar refractivity (Wildman–Crippen MR) is 225 cm³/mol. The molecule has 0 unspecified atom stereocenters. The minimum Gasteiger partial charge on any atom is -0.309 e. The summed E-state index contributed by atoms with van der Waals surface area (Å²) in [6.07, 6.45) is 0. The summed E-state index contributed by atoms with van der Waals surface area (Å²) in [6.45, 7) is 0. The molecule has 3 heterocycles. The van der Waals surface area contributed by atoms with E-state index in [4.69, 9.17) is 9.97 Å². The van der Waals surface area contributed by atoms with Gasteiger partial charge in [0.1, 0.15) is 0 Å². The van der Waals surface area contributed by atoms with Crippen molar-refractivity contribution < 1.29 is 0 Å². The van der Waals surface area contributed by atoms with Gasteiger partial charge in [0.15, 0.2) is 5.82 Å². The molecule has 252 valence electrons. The maximum atomic E-state index is 5.21. The molecule has 0 fully saturated rings. The van der Waals surface area contributed by atoms with E-state index < -0.39 is 0 Å². The van der Waals surface area contributed by atoms with E-state index in [2.05, 4.69) is 191 Å². The van der Waals surface area contributed by atoms with Gasteiger partial charge in [0.25, 0.3) is 0 Å². The first-order valence-corrected chi connectivity index (χ1v) is 18.3. The van der Waals surface area contributed by atoms with Crippen molar-refractivity contribution in [1.82, 2.24) is 19.1 Å². The zero-order chi connectivity index (χ0) is 35.6. The van der Waals surface area contributed by atoms with Gasteiger partial charge in [0.2, 0.25) is 0 Å². The highest BCUT2D eigenvalue weighted by Crippen LogP contribution is 2.40. The van der Waals surface area contributed by atoms with Gasteiger partial charge in [-0.2, -0.15) is 0 Å². The van der Waals surface area contributed by atoms with Crippen LogP contribution in [0.4, 0.5) is 0 Å². The monoisotopic (exact) mass is 688 g/mol. The van der Waals surface area contributed by atoms with E-state index in [9.17, 15) is 0 Å². The van der Waals surface area contributed by atoms with Crippen LogP contribution >= 0.6 is 0 Å². The lowest BCUT2D eigenvalue weighted by Gasteiger charge is -2.12. The van der Waals surface area contributed by atoms with Gasteiger partial charge < -0.3 is 9.13 Å². The molecule has 0 radical (unpaired) electrons. The van der Waals surface area contributed by atoms with E-state index in [1.54, 1.807) is 0 Å². The Hall–Kier alpha value is -7.30. The Bertz CT molecular complexity index is 3170. The summed E-state index contributed by atoms with van der Waals surface area (Å²) in [5.41, 5.74) is 13.2. The number of hydrogen-bond acceptors (Lipinski definition) is 2. The summed E-state index contributed by atoms with van der Waals surface area (Å²) in [4.78, 5) is 10.3. The van der Waals surface area contributed by atoms with Crippen LogP contribution in [0.15, 0.2) is 194 Å². The fourth-order valence-corrected chi connectivity index (χ4v) is 8.20. The molecule has 0 saturated carbocycles. The van der Waals surface area contributed by atoms with Crippen molar-refractivity contribution in [1.29, 1.82) is 0 Å². The molecule has 0 aliphatic rings. The van der Waals surface area contributed by atoms with Gasteiger partial charge in [-0.1, -0.05) is 127 Å². The van der Waals surface area contributed by atoms with Crippen molar-refractivity contribution in [3.63, 3.8) is 0 Å². The number of nitrogens with zero attached hydrogens (tertiary/aromatic N) is 4. The van der Waals surface area contributed by atoms with Gasteiger partial charge in [0.05, 0.1) is 33.3 Å². The van der Waals surface area contributed by atoms with Gasteiger partial charge in [-0.3, -0.25) is 0 Å². The molecule has 11 rings (SSSR count). The number of para-hydroxylation sites is 4. The van der Waals surface area contributed by atoms with Crippen molar-refractivity contribution in [2.75, 3.05) is 0 Å². The molecule has 4 nitrogen and oxygen atoms in total. The quantitative estimate of drug-likeness (QED) is 0.180. The van der Waals surface area contributed by atoms with Crippen LogP contribution in [-0.2, 0) is 0 Å². The maximum absolute atomic E-state index is 5.21.